The minimum Gasteiger partial charge on any atom is -0.493 e. The van der Waals surface area contributed by atoms with E-state index in [0.717, 1.165) is 5.69 Å². The number of aromatic nitrogens is 2. The van der Waals surface area contributed by atoms with E-state index in [1.165, 1.54) is 11.3 Å². The first-order valence-corrected chi connectivity index (χ1v) is 6.85. The van der Waals surface area contributed by atoms with Gasteiger partial charge in [-0.25, -0.2) is 0 Å². The maximum Gasteiger partial charge on any atom is 0.210 e. The van der Waals surface area contributed by atoms with Gasteiger partial charge in [-0.15, -0.1) is 10.2 Å². The van der Waals surface area contributed by atoms with E-state index < -0.39 is 0 Å². The van der Waals surface area contributed by atoms with E-state index in [4.69, 9.17) is 14.2 Å². The Balaban J connectivity index is 2.35. The molecule has 102 valence electrons. The lowest BCUT2D eigenvalue weighted by Crippen LogP contribution is -1.97. The van der Waals surface area contributed by atoms with Gasteiger partial charge in [-0.2, -0.15) is 0 Å². The first-order valence-electron chi connectivity index (χ1n) is 5.24. The molecule has 0 saturated carbocycles. The molecule has 0 spiro atoms. The first kappa shape index (κ1) is 13.9. The fraction of sp³-hybridized carbons (Fsp3) is 0.273. The second-order valence-corrected chi connectivity index (χ2v) is 5.65. The summed E-state index contributed by atoms with van der Waals surface area (Å²) in [5, 5.41) is 11.6. The molecule has 0 aliphatic carbocycles. The summed E-state index contributed by atoms with van der Waals surface area (Å²) in [4.78, 5) is 0. The number of ether oxygens (including phenoxy) is 3. The number of halogens is 1. The van der Waals surface area contributed by atoms with Gasteiger partial charge in [0.05, 0.1) is 21.3 Å². The molecule has 0 amide bonds. The maximum atomic E-state index is 5.28. The van der Waals surface area contributed by atoms with E-state index >= 15 is 0 Å². The SMILES string of the molecule is COc1cc(Nc2nnc(Br)s2)cc(OC)c1OC. The molecule has 2 aromatic rings. The summed E-state index contributed by atoms with van der Waals surface area (Å²) in [6, 6.07) is 3.60. The highest BCUT2D eigenvalue weighted by molar-refractivity contribution is 9.11. The van der Waals surface area contributed by atoms with Crippen LogP contribution >= 0.6 is 27.3 Å². The van der Waals surface area contributed by atoms with Gasteiger partial charge in [0.2, 0.25) is 10.9 Å². The van der Waals surface area contributed by atoms with Crippen LogP contribution < -0.4 is 19.5 Å². The lowest BCUT2D eigenvalue weighted by molar-refractivity contribution is 0.324. The van der Waals surface area contributed by atoms with E-state index in [9.17, 15) is 0 Å². The van der Waals surface area contributed by atoms with Crippen molar-refractivity contribution in [2.45, 2.75) is 0 Å². The number of rotatable bonds is 5. The molecule has 1 heterocycles. The van der Waals surface area contributed by atoms with Gasteiger partial charge in [0.1, 0.15) is 0 Å². The number of hydrogen-bond acceptors (Lipinski definition) is 7. The van der Waals surface area contributed by atoms with Crippen LogP contribution in [0.3, 0.4) is 0 Å². The summed E-state index contributed by atoms with van der Waals surface area (Å²) >= 11 is 4.65. The summed E-state index contributed by atoms with van der Waals surface area (Å²) in [5.41, 5.74) is 0.776. The Kier molecular flexibility index (Phi) is 4.43. The molecule has 0 saturated heterocycles. The van der Waals surface area contributed by atoms with Crippen LogP contribution in [0.25, 0.3) is 0 Å². The quantitative estimate of drug-likeness (QED) is 0.898. The van der Waals surface area contributed by atoms with Crippen molar-refractivity contribution >= 4 is 38.1 Å². The number of methoxy groups -OCH3 is 3. The number of nitrogens with one attached hydrogen (secondary N) is 1. The molecule has 1 aromatic heterocycles. The van der Waals surface area contributed by atoms with Gasteiger partial charge < -0.3 is 19.5 Å². The van der Waals surface area contributed by atoms with Gasteiger partial charge in [0.25, 0.3) is 0 Å². The third kappa shape index (κ3) is 3.07. The molecule has 0 unspecified atom stereocenters. The van der Waals surface area contributed by atoms with Crippen molar-refractivity contribution in [3.8, 4) is 17.2 Å². The van der Waals surface area contributed by atoms with Crippen LogP contribution in [-0.2, 0) is 0 Å². The molecule has 6 nitrogen and oxygen atoms in total. The summed E-state index contributed by atoms with van der Waals surface area (Å²) < 4.78 is 16.5. The van der Waals surface area contributed by atoms with E-state index in [1.807, 2.05) is 0 Å². The minimum absolute atomic E-state index is 0.550. The van der Waals surface area contributed by atoms with Crippen molar-refractivity contribution in [3.05, 3.63) is 16.0 Å². The van der Waals surface area contributed by atoms with Crippen LogP contribution in [0.2, 0.25) is 0 Å². The predicted molar refractivity (Wildman–Crippen MR) is 77.0 cm³/mol. The van der Waals surface area contributed by atoms with Crippen LogP contribution in [-0.4, -0.2) is 31.5 Å². The van der Waals surface area contributed by atoms with Crippen LogP contribution in [0.5, 0.6) is 17.2 Å². The molecular formula is C11H12BrN3O3S. The summed E-state index contributed by atoms with van der Waals surface area (Å²) in [5.74, 6) is 1.70. The van der Waals surface area contributed by atoms with Gasteiger partial charge in [-0.1, -0.05) is 11.3 Å². The third-order valence-electron chi connectivity index (χ3n) is 2.32. The van der Waals surface area contributed by atoms with Crippen molar-refractivity contribution in [1.82, 2.24) is 10.2 Å². The summed E-state index contributed by atoms with van der Waals surface area (Å²) in [6.45, 7) is 0. The molecule has 0 fully saturated rings. The second-order valence-electron chi connectivity index (χ2n) is 3.40. The summed E-state index contributed by atoms with van der Waals surface area (Å²) in [6.07, 6.45) is 0. The van der Waals surface area contributed by atoms with Gasteiger partial charge >= 0.3 is 0 Å². The molecule has 0 aliphatic heterocycles. The molecule has 0 atom stereocenters. The van der Waals surface area contributed by atoms with Crippen molar-refractivity contribution < 1.29 is 14.2 Å². The average molecular weight is 346 g/mol. The van der Waals surface area contributed by atoms with Crippen molar-refractivity contribution in [2.75, 3.05) is 26.6 Å². The Morgan fingerprint density at radius 1 is 1.05 bits per heavy atom. The topological polar surface area (TPSA) is 65.5 Å². The lowest BCUT2D eigenvalue weighted by Gasteiger charge is -2.14. The van der Waals surface area contributed by atoms with Crippen LogP contribution in [0.15, 0.2) is 16.0 Å². The maximum absolute atomic E-state index is 5.28. The van der Waals surface area contributed by atoms with E-state index in [1.54, 1.807) is 33.5 Å². The van der Waals surface area contributed by atoms with E-state index in [-0.39, 0.29) is 0 Å². The van der Waals surface area contributed by atoms with E-state index in [2.05, 4.69) is 31.4 Å². The largest absolute Gasteiger partial charge is 0.493 e. The van der Waals surface area contributed by atoms with Crippen LogP contribution in [0, 0.1) is 0 Å². The summed E-state index contributed by atoms with van der Waals surface area (Å²) in [7, 11) is 4.71. The fourth-order valence-electron chi connectivity index (χ4n) is 1.53. The van der Waals surface area contributed by atoms with E-state index in [0.29, 0.717) is 26.3 Å². The molecule has 1 aromatic carbocycles. The number of anilines is 2. The normalized spacial score (nSPS) is 10.1. The smallest absolute Gasteiger partial charge is 0.210 e. The Morgan fingerprint density at radius 2 is 1.68 bits per heavy atom. The second kappa shape index (κ2) is 6.07. The van der Waals surface area contributed by atoms with Gasteiger partial charge in [0.15, 0.2) is 15.4 Å². The van der Waals surface area contributed by atoms with Gasteiger partial charge in [-0.05, 0) is 15.9 Å². The van der Waals surface area contributed by atoms with Crippen LogP contribution in [0.1, 0.15) is 0 Å². The van der Waals surface area contributed by atoms with Crippen molar-refractivity contribution in [2.24, 2.45) is 0 Å². The molecular weight excluding hydrogens is 334 g/mol. The zero-order chi connectivity index (χ0) is 13.8. The number of benzene rings is 1. The molecule has 19 heavy (non-hydrogen) atoms. The lowest BCUT2D eigenvalue weighted by atomic mass is 10.2. The predicted octanol–water partition coefficient (Wildman–Crippen LogP) is 3.07. The van der Waals surface area contributed by atoms with Gasteiger partial charge in [-0.3, -0.25) is 0 Å². The van der Waals surface area contributed by atoms with Crippen molar-refractivity contribution in [1.29, 1.82) is 0 Å². The van der Waals surface area contributed by atoms with Crippen molar-refractivity contribution in [3.63, 3.8) is 0 Å². The standard InChI is InChI=1S/C11H12BrN3O3S/c1-16-7-4-6(5-8(17-2)9(7)18-3)13-11-15-14-10(12)19-11/h4-5H,1-3H3,(H,13,15). The fourth-order valence-corrected chi connectivity index (χ4v) is 2.56. The Bertz CT molecular complexity index is 551. The first-order chi connectivity index (χ1) is 9.17. The Morgan fingerprint density at radius 3 is 2.11 bits per heavy atom. The monoisotopic (exact) mass is 345 g/mol. The Hall–Kier alpha value is -1.54. The zero-order valence-electron chi connectivity index (χ0n) is 10.6. The molecule has 0 aliphatic rings. The zero-order valence-corrected chi connectivity index (χ0v) is 13.0. The van der Waals surface area contributed by atoms with Crippen LogP contribution in [0.4, 0.5) is 10.8 Å². The molecule has 2 rings (SSSR count). The molecule has 0 radical (unpaired) electrons. The number of hydrogen-bond donors (Lipinski definition) is 1. The Labute approximate surface area is 122 Å². The molecule has 0 bridgehead atoms. The highest BCUT2D eigenvalue weighted by atomic mass is 79.9. The molecule has 1 N–H and O–H groups in total. The third-order valence-corrected chi connectivity index (χ3v) is 3.59. The average Bonchev–Trinajstić information content (AvgIpc) is 2.82. The van der Waals surface area contributed by atoms with Gasteiger partial charge in [0, 0.05) is 17.8 Å². The highest BCUT2D eigenvalue weighted by Crippen LogP contribution is 2.40. The number of nitrogens with zero attached hydrogens (tertiary/aromatic N) is 2. The highest BCUT2D eigenvalue weighted by Gasteiger charge is 2.14. The minimum atomic E-state index is 0.550. The molecule has 8 heteroatoms.